The lowest BCUT2D eigenvalue weighted by atomic mass is 9.78. The Labute approximate surface area is 150 Å². The molecule has 1 aliphatic carbocycles. The summed E-state index contributed by atoms with van der Waals surface area (Å²) < 4.78 is 10.5. The lowest BCUT2D eigenvalue weighted by molar-refractivity contribution is -0.149. The van der Waals surface area contributed by atoms with Crippen LogP contribution in [0.25, 0.3) is 0 Å². The van der Waals surface area contributed by atoms with Gasteiger partial charge in [-0.25, -0.2) is 0 Å². The van der Waals surface area contributed by atoms with Crippen LogP contribution in [0.5, 0.6) is 5.75 Å². The highest BCUT2D eigenvalue weighted by Crippen LogP contribution is 2.29. The third-order valence-corrected chi connectivity index (χ3v) is 5.01. The van der Waals surface area contributed by atoms with Gasteiger partial charge in [-0.3, -0.25) is 9.59 Å². The van der Waals surface area contributed by atoms with E-state index < -0.39 is 5.97 Å². The minimum atomic E-state index is -0.424. The van der Waals surface area contributed by atoms with Crippen LogP contribution in [0.3, 0.4) is 0 Å². The third-order valence-electron chi connectivity index (χ3n) is 5.01. The zero-order valence-electron chi connectivity index (χ0n) is 15.4. The fourth-order valence-corrected chi connectivity index (χ4v) is 3.14. The summed E-state index contributed by atoms with van der Waals surface area (Å²) in [5.74, 6) is 1.14. The number of ether oxygens (including phenoxy) is 2. The predicted molar refractivity (Wildman–Crippen MR) is 96.4 cm³/mol. The van der Waals surface area contributed by atoms with E-state index in [1.165, 1.54) is 6.42 Å². The fraction of sp³-hybridized carbons (Fsp3) is 0.600. The van der Waals surface area contributed by atoms with Crippen molar-refractivity contribution in [3.05, 3.63) is 29.8 Å². The van der Waals surface area contributed by atoms with Crippen molar-refractivity contribution in [3.8, 4) is 5.75 Å². The van der Waals surface area contributed by atoms with Crippen molar-refractivity contribution in [1.82, 2.24) is 5.32 Å². The normalized spacial score (nSPS) is 22.9. The number of hydrogen-bond acceptors (Lipinski definition) is 4. The van der Waals surface area contributed by atoms with Crippen LogP contribution in [-0.4, -0.2) is 31.1 Å². The summed E-state index contributed by atoms with van der Waals surface area (Å²) in [5.41, 5.74) is 1.15. The molecule has 1 aromatic carbocycles. The maximum absolute atomic E-state index is 12.0. The Hall–Kier alpha value is -2.04. The summed E-state index contributed by atoms with van der Waals surface area (Å²) in [4.78, 5) is 23.7. The first-order valence-corrected chi connectivity index (χ1v) is 9.10. The number of rotatable bonds is 7. The Balaban J connectivity index is 1.62. The zero-order valence-corrected chi connectivity index (χ0v) is 15.4. The molecule has 0 radical (unpaired) electrons. The molecular formula is C20H29NO4. The molecule has 138 valence electrons. The number of esters is 1. The first-order chi connectivity index (χ1) is 12.0. The van der Waals surface area contributed by atoms with Gasteiger partial charge in [0.25, 0.3) is 5.91 Å². The standard InChI is InChI=1S/C20H29NO4/c1-14-7-9-17(10-8-14)24-12-11-20(23)25-13-19(22)21-18-6-4-5-15(2)16(18)3/h7-10,15-16,18H,4-6,11-13H2,1-3H3,(H,21,22)/t15-,16-,18+/m1/s1. The van der Waals surface area contributed by atoms with Gasteiger partial charge in [0, 0.05) is 6.04 Å². The molecule has 5 nitrogen and oxygen atoms in total. The molecule has 0 heterocycles. The van der Waals surface area contributed by atoms with Gasteiger partial charge in [-0.2, -0.15) is 0 Å². The fourth-order valence-electron chi connectivity index (χ4n) is 3.14. The summed E-state index contributed by atoms with van der Waals surface area (Å²) in [5, 5.41) is 2.99. The highest BCUT2D eigenvalue weighted by molar-refractivity contribution is 5.80. The minimum absolute atomic E-state index is 0.123. The molecule has 1 aromatic rings. The average Bonchev–Trinajstić information content (AvgIpc) is 2.59. The van der Waals surface area contributed by atoms with Gasteiger partial charge in [0.2, 0.25) is 0 Å². The van der Waals surface area contributed by atoms with E-state index in [9.17, 15) is 9.59 Å². The smallest absolute Gasteiger partial charge is 0.309 e. The van der Waals surface area contributed by atoms with Crippen molar-refractivity contribution in [2.24, 2.45) is 11.8 Å². The summed E-state index contributed by atoms with van der Waals surface area (Å²) in [7, 11) is 0. The van der Waals surface area contributed by atoms with Gasteiger partial charge in [-0.1, -0.05) is 44.4 Å². The number of amides is 1. The Morgan fingerprint density at radius 3 is 2.60 bits per heavy atom. The predicted octanol–water partition coefficient (Wildman–Crippen LogP) is 3.25. The van der Waals surface area contributed by atoms with Gasteiger partial charge in [-0.05, 0) is 37.3 Å². The van der Waals surface area contributed by atoms with E-state index >= 15 is 0 Å². The van der Waals surface area contributed by atoms with E-state index in [1.807, 2.05) is 31.2 Å². The van der Waals surface area contributed by atoms with E-state index in [-0.39, 0.29) is 31.6 Å². The largest absolute Gasteiger partial charge is 0.493 e. The number of carbonyl (C=O) groups is 2. The lowest BCUT2D eigenvalue weighted by Gasteiger charge is -2.34. The number of aryl methyl sites for hydroxylation is 1. The topological polar surface area (TPSA) is 64.6 Å². The summed E-state index contributed by atoms with van der Waals surface area (Å²) in [6.07, 6.45) is 3.46. The molecule has 0 spiro atoms. The summed E-state index contributed by atoms with van der Waals surface area (Å²) >= 11 is 0. The van der Waals surface area contributed by atoms with Crippen LogP contribution >= 0.6 is 0 Å². The van der Waals surface area contributed by atoms with E-state index in [0.717, 1.165) is 24.2 Å². The van der Waals surface area contributed by atoms with Crippen LogP contribution in [0.2, 0.25) is 0 Å². The van der Waals surface area contributed by atoms with Crippen LogP contribution in [0.4, 0.5) is 0 Å². The Morgan fingerprint density at radius 1 is 1.16 bits per heavy atom. The summed E-state index contributed by atoms with van der Waals surface area (Å²) in [6.45, 7) is 6.41. The highest BCUT2D eigenvalue weighted by atomic mass is 16.5. The molecule has 25 heavy (non-hydrogen) atoms. The molecule has 1 aliphatic rings. The van der Waals surface area contributed by atoms with E-state index in [0.29, 0.717) is 11.8 Å². The molecule has 1 saturated carbocycles. The van der Waals surface area contributed by atoms with Crippen LogP contribution in [0, 0.1) is 18.8 Å². The molecule has 0 bridgehead atoms. The van der Waals surface area contributed by atoms with Gasteiger partial charge < -0.3 is 14.8 Å². The molecule has 1 amide bonds. The number of hydrogen-bond donors (Lipinski definition) is 1. The average molecular weight is 347 g/mol. The van der Waals surface area contributed by atoms with E-state index in [1.54, 1.807) is 0 Å². The van der Waals surface area contributed by atoms with E-state index in [4.69, 9.17) is 9.47 Å². The van der Waals surface area contributed by atoms with Crippen molar-refractivity contribution in [2.45, 2.75) is 52.5 Å². The van der Waals surface area contributed by atoms with Crippen LogP contribution < -0.4 is 10.1 Å². The molecule has 0 aliphatic heterocycles. The van der Waals surface area contributed by atoms with Crippen molar-refractivity contribution in [3.63, 3.8) is 0 Å². The van der Waals surface area contributed by atoms with Crippen molar-refractivity contribution in [2.75, 3.05) is 13.2 Å². The minimum Gasteiger partial charge on any atom is -0.493 e. The SMILES string of the molecule is Cc1ccc(OCCC(=O)OCC(=O)N[C@H]2CCC[C@@H](C)[C@H]2C)cc1. The van der Waals surface area contributed by atoms with Crippen molar-refractivity contribution >= 4 is 11.9 Å². The van der Waals surface area contributed by atoms with Gasteiger partial charge >= 0.3 is 5.97 Å². The first-order valence-electron chi connectivity index (χ1n) is 9.10. The maximum atomic E-state index is 12.0. The quantitative estimate of drug-likeness (QED) is 0.769. The van der Waals surface area contributed by atoms with E-state index in [2.05, 4.69) is 19.2 Å². The molecule has 1 fully saturated rings. The van der Waals surface area contributed by atoms with Crippen LogP contribution in [0.1, 0.15) is 45.1 Å². The van der Waals surface area contributed by atoms with Crippen LogP contribution in [-0.2, 0) is 14.3 Å². The molecular weight excluding hydrogens is 318 g/mol. The number of nitrogens with one attached hydrogen (secondary N) is 1. The van der Waals surface area contributed by atoms with Gasteiger partial charge in [-0.15, -0.1) is 0 Å². The Morgan fingerprint density at radius 2 is 1.88 bits per heavy atom. The molecule has 0 aromatic heterocycles. The highest BCUT2D eigenvalue weighted by Gasteiger charge is 2.28. The molecule has 5 heteroatoms. The van der Waals surface area contributed by atoms with Crippen LogP contribution in [0.15, 0.2) is 24.3 Å². The van der Waals surface area contributed by atoms with Gasteiger partial charge in [0.05, 0.1) is 13.0 Å². The molecule has 1 N–H and O–H groups in total. The second-order valence-electron chi connectivity index (χ2n) is 7.01. The first kappa shape index (κ1) is 19.3. The summed E-state index contributed by atoms with van der Waals surface area (Å²) in [6, 6.07) is 7.80. The van der Waals surface area contributed by atoms with Gasteiger partial charge in [0.1, 0.15) is 5.75 Å². The lowest BCUT2D eigenvalue weighted by Crippen LogP contribution is -2.45. The van der Waals surface area contributed by atoms with Crippen molar-refractivity contribution in [1.29, 1.82) is 0 Å². The zero-order chi connectivity index (χ0) is 18.2. The monoisotopic (exact) mass is 347 g/mol. The van der Waals surface area contributed by atoms with Gasteiger partial charge in [0.15, 0.2) is 6.61 Å². The second kappa shape index (κ2) is 9.44. The third kappa shape index (κ3) is 6.40. The molecule has 2 rings (SSSR count). The second-order valence-corrected chi connectivity index (χ2v) is 7.01. The maximum Gasteiger partial charge on any atom is 0.309 e. The number of benzene rings is 1. The Kier molecular flexibility index (Phi) is 7.29. The number of carbonyl (C=O) groups excluding carboxylic acids is 2. The molecule has 3 atom stereocenters. The molecule has 0 saturated heterocycles. The molecule has 0 unspecified atom stereocenters. The van der Waals surface area contributed by atoms with Crippen molar-refractivity contribution < 1.29 is 19.1 Å². The Bertz CT molecular complexity index is 570.